The number of benzene rings is 2. The Hall–Kier alpha value is -2.97. The van der Waals surface area contributed by atoms with Crippen LogP contribution in [0.25, 0.3) is 6.08 Å². The molecule has 0 unspecified atom stereocenters. The second-order valence-electron chi connectivity index (χ2n) is 6.37. The van der Waals surface area contributed by atoms with Crippen LogP contribution in [-0.2, 0) is 4.79 Å². The monoisotopic (exact) mass is 457 g/mol. The number of methoxy groups -OCH3 is 2. The minimum absolute atomic E-state index is 0.121. The molecule has 2 aromatic carbocycles. The van der Waals surface area contributed by atoms with E-state index >= 15 is 0 Å². The Morgan fingerprint density at radius 3 is 2.55 bits per heavy atom. The lowest BCUT2D eigenvalue weighted by Gasteiger charge is -2.12. The van der Waals surface area contributed by atoms with Gasteiger partial charge in [0.2, 0.25) is 0 Å². The first-order valence-electron chi connectivity index (χ1n) is 9.49. The highest BCUT2D eigenvalue weighted by Gasteiger charge is 2.30. The molecule has 162 valence electrons. The van der Waals surface area contributed by atoms with E-state index in [9.17, 15) is 4.79 Å². The highest BCUT2D eigenvalue weighted by Crippen LogP contribution is 2.34. The molecule has 1 saturated heterocycles. The van der Waals surface area contributed by atoms with Crippen molar-refractivity contribution in [3.63, 3.8) is 0 Å². The van der Waals surface area contributed by atoms with Crippen molar-refractivity contribution in [1.82, 2.24) is 4.90 Å². The normalized spacial score (nSPS) is 14.6. The van der Waals surface area contributed by atoms with Gasteiger partial charge in [0, 0.05) is 12.6 Å². The fraction of sp³-hybridized carbons (Fsp3) is 0.217. The highest BCUT2D eigenvalue weighted by molar-refractivity contribution is 8.26. The van der Waals surface area contributed by atoms with Crippen molar-refractivity contribution in [3.8, 4) is 23.0 Å². The molecule has 0 N–H and O–H groups in total. The molecule has 0 spiro atoms. The molecule has 0 aromatic heterocycles. The van der Waals surface area contributed by atoms with Gasteiger partial charge < -0.3 is 18.9 Å². The van der Waals surface area contributed by atoms with Gasteiger partial charge in [-0.25, -0.2) is 0 Å². The van der Waals surface area contributed by atoms with Crippen molar-refractivity contribution < 1.29 is 23.7 Å². The predicted octanol–water partition coefficient (Wildman–Crippen LogP) is 4.55. The van der Waals surface area contributed by atoms with Gasteiger partial charge in [0.05, 0.1) is 19.1 Å². The van der Waals surface area contributed by atoms with Gasteiger partial charge in [-0.3, -0.25) is 9.69 Å². The summed E-state index contributed by atoms with van der Waals surface area (Å²) in [6.45, 7) is 4.77. The van der Waals surface area contributed by atoms with E-state index in [1.165, 1.54) is 16.7 Å². The first kappa shape index (κ1) is 22.7. The Balaban J connectivity index is 1.61. The van der Waals surface area contributed by atoms with Crippen LogP contribution in [0.4, 0.5) is 0 Å². The molecule has 0 saturated carbocycles. The van der Waals surface area contributed by atoms with E-state index in [0.717, 1.165) is 11.3 Å². The van der Waals surface area contributed by atoms with Crippen LogP contribution in [0.15, 0.2) is 60.0 Å². The second kappa shape index (κ2) is 10.9. The van der Waals surface area contributed by atoms with Gasteiger partial charge in [0.1, 0.15) is 29.0 Å². The molecule has 0 aliphatic carbocycles. The van der Waals surface area contributed by atoms with E-state index in [2.05, 4.69) is 6.58 Å². The third-order valence-corrected chi connectivity index (χ3v) is 5.70. The number of ether oxygens (including phenoxy) is 4. The number of rotatable bonds is 10. The molecule has 0 atom stereocenters. The summed E-state index contributed by atoms with van der Waals surface area (Å²) < 4.78 is 22.7. The van der Waals surface area contributed by atoms with Crippen LogP contribution < -0.4 is 18.9 Å². The van der Waals surface area contributed by atoms with E-state index < -0.39 is 0 Å². The van der Waals surface area contributed by atoms with Crippen LogP contribution >= 0.6 is 24.0 Å². The smallest absolute Gasteiger partial charge is 0.266 e. The van der Waals surface area contributed by atoms with Crippen LogP contribution in [0.3, 0.4) is 0 Å². The molecular formula is C23H23NO5S2. The summed E-state index contributed by atoms with van der Waals surface area (Å²) in [5.74, 6) is 2.48. The number of carbonyl (C=O) groups is 1. The number of hydrogen-bond donors (Lipinski definition) is 0. The maximum atomic E-state index is 12.5. The molecule has 8 heteroatoms. The number of hydrogen-bond acceptors (Lipinski definition) is 7. The summed E-state index contributed by atoms with van der Waals surface area (Å²) >= 11 is 6.55. The Morgan fingerprint density at radius 1 is 1.03 bits per heavy atom. The van der Waals surface area contributed by atoms with Gasteiger partial charge in [0.15, 0.2) is 11.5 Å². The minimum Gasteiger partial charge on any atom is -0.497 e. The average Bonchev–Trinajstić information content (AvgIpc) is 3.05. The molecular weight excluding hydrogens is 434 g/mol. The largest absolute Gasteiger partial charge is 0.497 e. The molecule has 1 heterocycles. The molecule has 0 bridgehead atoms. The number of thiocarbonyl (C=S) groups is 1. The third kappa shape index (κ3) is 5.80. The van der Waals surface area contributed by atoms with E-state index in [1.54, 1.807) is 32.4 Å². The topological polar surface area (TPSA) is 57.2 Å². The zero-order valence-corrected chi connectivity index (χ0v) is 19.0. The standard InChI is InChI=1S/C23H23NO5S2/c1-4-10-24-22(25)21(31-23(24)30)14-16-8-9-19(20(13-16)27-3)29-12-11-28-18-7-5-6-17(15-18)26-2/h4-9,13-15H,1,10-12H2,2-3H3. The molecule has 31 heavy (non-hydrogen) atoms. The summed E-state index contributed by atoms with van der Waals surface area (Å²) in [5.41, 5.74) is 0.816. The van der Waals surface area contributed by atoms with E-state index in [1.807, 2.05) is 36.4 Å². The lowest BCUT2D eigenvalue weighted by Crippen LogP contribution is -2.27. The van der Waals surface area contributed by atoms with Crippen molar-refractivity contribution >= 4 is 40.3 Å². The molecule has 1 fully saturated rings. The van der Waals surface area contributed by atoms with Gasteiger partial charge in [-0.1, -0.05) is 42.2 Å². The Kier molecular flexibility index (Phi) is 7.97. The number of amides is 1. The summed E-state index contributed by atoms with van der Waals surface area (Å²) in [4.78, 5) is 14.6. The summed E-state index contributed by atoms with van der Waals surface area (Å²) in [7, 11) is 3.18. The van der Waals surface area contributed by atoms with Gasteiger partial charge in [-0.2, -0.15) is 0 Å². The van der Waals surface area contributed by atoms with Crippen molar-refractivity contribution in [2.75, 3.05) is 34.0 Å². The molecule has 6 nitrogen and oxygen atoms in total. The fourth-order valence-corrected chi connectivity index (χ4v) is 4.11. The summed E-state index contributed by atoms with van der Waals surface area (Å²) in [5, 5.41) is 0. The SMILES string of the molecule is C=CCN1C(=O)C(=Cc2ccc(OCCOc3cccc(OC)c3)c(OC)c2)SC1=S. The van der Waals surface area contributed by atoms with Gasteiger partial charge in [-0.15, -0.1) is 6.58 Å². The number of thioether (sulfide) groups is 1. The van der Waals surface area contributed by atoms with Crippen LogP contribution in [0.1, 0.15) is 5.56 Å². The zero-order valence-electron chi connectivity index (χ0n) is 17.3. The van der Waals surface area contributed by atoms with Crippen LogP contribution in [0, 0.1) is 0 Å². The van der Waals surface area contributed by atoms with E-state index in [-0.39, 0.29) is 5.91 Å². The lowest BCUT2D eigenvalue weighted by molar-refractivity contribution is -0.121. The van der Waals surface area contributed by atoms with Crippen LogP contribution in [0.5, 0.6) is 23.0 Å². The van der Waals surface area contributed by atoms with Crippen LogP contribution in [0.2, 0.25) is 0 Å². The van der Waals surface area contributed by atoms with E-state index in [0.29, 0.717) is 46.2 Å². The lowest BCUT2D eigenvalue weighted by atomic mass is 10.2. The maximum absolute atomic E-state index is 12.5. The van der Waals surface area contributed by atoms with Crippen molar-refractivity contribution in [1.29, 1.82) is 0 Å². The zero-order chi connectivity index (χ0) is 22.2. The maximum Gasteiger partial charge on any atom is 0.266 e. The Morgan fingerprint density at radius 2 is 1.81 bits per heavy atom. The molecule has 1 aliphatic rings. The van der Waals surface area contributed by atoms with Gasteiger partial charge in [0.25, 0.3) is 5.91 Å². The quantitative estimate of drug-likeness (QED) is 0.225. The predicted molar refractivity (Wildman–Crippen MR) is 127 cm³/mol. The first-order chi connectivity index (χ1) is 15.0. The number of nitrogens with zero attached hydrogens (tertiary/aromatic N) is 1. The van der Waals surface area contributed by atoms with Crippen molar-refractivity contribution in [2.45, 2.75) is 0 Å². The second-order valence-corrected chi connectivity index (χ2v) is 8.04. The minimum atomic E-state index is -0.121. The molecule has 1 amide bonds. The highest BCUT2D eigenvalue weighted by atomic mass is 32.2. The third-order valence-electron chi connectivity index (χ3n) is 4.32. The fourth-order valence-electron chi connectivity index (χ4n) is 2.83. The average molecular weight is 458 g/mol. The number of carbonyl (C=O) groups excluding carboxylic acids is 1. The Labute approximate surface area is 191 Å². The van der Waals surface area contributed by atoms with Crippen molar-refractivity contribution in [3.05, 3.63) is 65.6 Å². The van der Waals surface area contributed by atoms with Crippen LogP contribution in [-0.4, -0.2) is 49.1 Å². The summed E-state index contributed by atoms with van der Waals surface area (Å²) in [6.07, 6.45) is 3.45. The van der Waals surface area contributed by atoms with Gasteiger partial charge >= 0.3 is 0 Å². The molecule has 3 rings (SSSR count). The van der Waals surface area contributed by atoms with Crippen molar-refractivity contribution in [2.24, 2.45) is 0 Å². The molecule has 1 aliphatic heterocycles. The molecule has 0 radical (unpaired) electrons. The van der Waals surface area contributed by atoms with Gasteiger partial charge in [-0.05, 0) is 35.9 Å². The first-order valence-corrected chi connectivity index (χ1v) is 10.7. The summed E-state index contributed by atoms with van der Waals surface area (Å²) in [6, 6.07) is 12.9. The van der Waals surface area contributed by atoms with E-state index in [4.69, 9.17) is 31.2 Å². The Bertz CT molecular complexity index is 1010. The molecule has 2 aromatic rings.